The summed E-state index contributed by atoms with van der Waals surface area (Å²) in [6, 6.07) is 0. The van der Waals surface area contributed by atoms with Crippen LogP contribution in [0.5, 0.6) is 0 Å². The summed E-state index contributed by atoms with van der Waals surface area (Å²) >= 11 is 0. The van der Waals surface area contributed by atoms with E-state index in [1.165, 1.54) is 0 Å². The van der Waals surface area contributed by atoms with Crippen molar-refractivity contribution in [2.24, 2.45) is 11.8 Å². The van der Waals surface area contributed by atoms with Crippen molar-refractivity contribution in [3.8, 4) is 0 Å². The Hall–Kier alpha value is -0.490. The van der Waals surface area contributed by atoms with Crippen molar-refractivity contribution in [1.29, 1.82) is 0 Å². The molecule has 128 valence electrons. The first-order chi connectivity index (χ1) is 9.92. The van der Waals surface area contributed by atoms with E-state index >= 15 is 0 Å². The highest BCUT2D eigenvalue weighted by Gasteiger charge is 2.14. The SMILES string of the molecule is CC(C)C(CC=O)CCC(O)CCCO.COC(C)OC. The van der Waals surface area contributed by atoms with Crippen LogP contribution < -0.4 is 0 Å². The average Bonchev–Trinajstić information content (AvgIpc) is 2.48. The van der Waals surface area contributed by atoms with Gasteiger partial charge >= 0.3 is 0 Å². The van der Waals surface area contributed by atoms with Crippen LogP contribution in [0.25, 0.3) is 0 Å². The molecule has 0 fully saturated rings. The lowest BCUT2D eigenvalue weighted by molar-refractivity contribution is -0.109. The molecule has 0 rings (SSSR count). The van der Waals surface area contributed by atoms with Gasteiger partial charge in [0.15, 0.2) is 6.29 Å². The Morgan fingerprint density at radius 3 is 1.95 bits per heavy atom. The zero-order valence-electron chi connectivity index (χ0n) is 14.2. The number of aliphatic hydroxyl groups is 2. The van der Waals surface area contributed by atoms with Gasteiger partial charge in [-0.25, -0.2) is 0 Å². The van der Waals surface area contributed by atoms with Gasteiger partial charge in [-0.15, -0.1) is 0 Å². The summed E-state index contributed by atoms with van der Waals surface area (Å²) in [6.45, 7) is 6.18. The maximum Gasteiger partial charge on any atom is 0.154 e. The maximum absolute atomic E-state index is 10.4. The first-order valence-corrected chi connectivity index (χ1v) is 7.70. The lowest BCUT2D eigenvalue weighted by atomic mass is 9.87. The Morgan fingerprint density at radius 2 is 1.62 bits per heavy atom. The molecule has 0 aromatic rings. The van der Waals surface area contributed by atoms with Gasteiger partial charge in [-0.05, 0) is 44.4 Å². The predicted octanol–water partition coefficient (Wildman–Crippen LogP) is 2.39. The summed E-state index contributed by atoms with van der Waals surface area (Å²) in [5.74, 6) is 0.867. The van der Waals surface area contributed by atoms with Crippen LogP contribution in [0, 0.1) is 11.8 Å². The number of rotatable bonds is 11. The van der Waals surface area contributed by atoms with Gasteiger partial charge in [0.1, 0.15) is 6.29 Å². The molecule has 0 aromatic heterocycles. The van der Waals surface area contributed by atoms with E-state index < -0.39 is 0 Å². The number of carbonyl (C=O) groups excluding carboxylic acids is 1. The van der Waals surface area contributed by atoms with Crippen LogP contribution in [0.3, 0.4) is 0 Å². The fourth-order valence-corrected chi connectivity index (χ4v) is 1.82. The number of ether oxygens (including phenoxy) is 2. The number of hydrogen-bond acceptors (Lipinski definition) is 5. The number of aldehydes is 1. The van der Waals surface area contributed by atoms with E-state index in [-0.39, 0.29) is 19.0 Å². The molecule has 0 aliphatic rings. The minimum Gasteiger partial charge on any atom is -0.396 e. The second-order valence-electron chi connectivity index (χ2n) is 5.54. The zero-order chi connectivity index (χ0) is 16.7. The lowest BCUT2D eigenvalue weighted by Gasteiger charge is -2.19. The molecule has 2 N–H and O–H groups in total. The highest BCUT2D eigenvalue weighted by Crippen LogP contribution is 2.21. The number of methoxy groups -OCH3 is 2. The van der Waals surface area contributed by atoms with E-state index in [1.807, 2.05) is 6.92 Å². The molecule has 0 amide bonds. The first-order valence-electron chi connectivity index (χ1n) is 7.70. The van der Waals surface area contributed by atoms with Gasteiger partial charge in [-0.1, -0.05) is 13.8 Å². The molecule has 0 aromatic carbocycles. The van der Waals surface area contributed by atoms with Gasteiger partial charge in [0.2, 0.25) is 0 Å². The molecular weight excluding hydrogens is 272 g/mol. The van der Waals surface area contributed by atoms with E-state index in [0.29, 0.717) is 31.1 Å². The first kappa shape index (κ1) is 22.8. The predicted molar refractivity (Wildman–Crippen MR) is 84.0 cm³/mol. The van der Waals surface area contributed by atoms with E-state index in [9.17, 15) is 9.90 Å². The molecule has 5 heteroatoms. The number of carbonyl (C=O) groups is 1. The highest BCUT2D eigenvalue weighted by atomic mass is 16.7. The molecular formula is C16H34O5. The Balaban J connectivity index is 0. The van der Waals surface area contributed by atoms with Gasteiger partial charge < -0.3 is 24.5 Å². The summed E-state index contributed by atoms with van der Waals surface area (Å²) in [5, 5.41) is 18.2. The summed E-state index contributed by atoms with van der Waals surface area (Å²) in [5.41, 5.74) is 0. The third-order valence-corrected chi connectivity index (χ3v) is 3.57. The van der Waals surface area contributed by atoms with Gasteiger partial charge in [-0.2, -0.15) is 0 Å². The number of aliphatic hydroxyl groups excluding tert-OH is 2. The molecule has 5 nitrogen and oxygen atoms in total. The van der Waals surface area contributed by atoms with Crippen molar-refractivity contribution in [3.05, 3.63) is 0 Å². The Morgan fingerprint density at radius 1 is 1.05 bits per heavy atom. The normalized spacial score (nSPS) is 13.8. The molecule has 0 radical (unpaired) electrons. The summed E-state index contributed by atoms with van der Waals surface area (Å²) in [7, 11) is 3.21. The minimum atomic E-state index is -0.329. The summed E-state index contributed by atoms with van der Waals surface area (Å²) < 4.78 is 9.35. The van der Waals surface area contributed by atoms with Gasteiger partial charge in [0.05, 0.1) is 6.10 Å². The topological polar surface area (TPSA) is 76.0 Å². The molecule has 0 bridgehead atoms. The Kier molecular flexibility index (Phi) is 17.2. The van der Waals surface area contributed by atoms with Gasteiger partial charge in [0, 0.05) is 27.2 Å². The molecule has 0 saturated heterocycles. The van der Waals surface area contributed by atoms with Crippen LogP contribution in [-0.2, 0) is 14.3 Å². The second-order valence-corrected chi connectivity index (χ2v) is 5.54. The van der Waals surface area contributed by atoms with Crippen LogP contribution in [0.1, 0.15) is 52.9 Å². The van der Waals surface area contributed by atoms with Crippen molar-refractivity contribution in [2.45, 2.75) is 65.3 Å². The van der Waals surface area contributed by atoms with Crippen LogP contribution in [0.15, 0.2) is 0 Å². The highest BCUT2D eigenvalue weighted by molar-refractivity contribution is 5.49. The average molecular weight is 306 g/mol. The lowest BCUT2D eigenvalue weighted by Crippen LogP contribution is -2.14. The van der Waals surface area contributed by atoms with Crippen molar-refractivity contribution >= 4 is 6.29 Å². The molecule has 21 heavy (non-hydrogen) atoms. The fraction of sp³-hybridized carbons (Fsp3) is 0.938. The van der Waals surface area contributed by atoms with Gasteiger partial charge in [0.25, 0.3) is 0 Å². The van der Waals surface area contributed by atoms with Crippen LogP contribution in [0.4, 0.5) is 0 Å². The molecule has 2 atom stereocenters. The molecule has 0 aliphatic carbocycles. The fourth-order valence-electron chi connectivity index (χ4n) is 1.82. The summed E-state index contributed by atoms with van der Waals surface area (Å²) in [6.07, 6.45) is 4.09. The van der Waals surface area contributed by atoms with E-state index in [0.717, 1.165) is 19.1 Å². The Bertz CT molecular complexity index is 217. The van der Waals surface area contributed by atoms with Crippen LogP contribution >= 0.6 is 0 Å². The number of hydrogen-bond donors (Lipinski definition) is 2. The molecule has 0 spiro atoms. The van der Waals surface area contributed by atoms with Crippen molar-refractivity contribution in [2.75, 3.05) is 20.8 Å². The van der Waals surface area contributed by atoms with Crippen molar-refractivity contribution in [3.63, 3.8) is 0 Å². The maximum atomic E-state index is 10.4. The quantitative estimate of drug-likeness (QED) is 0.453. The largest absolute Gasteiger partial charge is 0.396 e. The third-order valence-electron chi connectivity index (χ3n) is 3.57. The summed E-state index contributed by atoms with van der Waals surface area (Å²) in [4.78, 5) is 10.4. The monoisotopic (exact) mass is 306 g/mol. The van der Waals surface area contributed by atoms with Gasteiger partial charge in [-0.3, -0.25) is 0 Å². The van der Waals surface area contributed by atoms with Crippen LogP contribution in [-0.4, -0.2) is 49.7 Å². The Labute approximate surface area is 129 Å². The van der Waals surface area contributed by atoms with E-state index in [1.54, 1.807) is 14.2 Å². The van der Waals surface area contributed by atoms with Crippen molar-refractivity contribution < 1.29 is 24.5 Å². The third kappa shape index (κ3) is 15.7. The molecule has 0 aliphatic heterocycles. The van der Waals surface area contributed by atoms with E-state index in [2.05, 4.69) is 23.3 Å². The standard InChI is InChI=1S/C12H24O3.C4H10O2/c1-10(2)11(7-9-14)5-6-12(15)4-3-8-13;1-4(5-2)6-3/h9-13,15H,3-8H2,1-2H3;4H,1-3H3. The molecule has 2 unspecified atom stereocenters. The minimum absolute atomic E-state index is 0.0648. The molecule has 0 heterocycles. The molecule has 0 saturated carbocycles. The smallest absolute Gasteiger partial charge is 0.154 e. The van der Waals surface area contributed by atoms with E-state index in [4.69, 9.17) is 5.11 Å². The van der Waals surface area contributed by atoms with Crippen molar-refractivity contribution in [1.82, 2.24) is 0 Å². The second kappa shape index (κ2) is 15.9. The zero-order valence-corrected chi connectivity index (χ0v) is 14.2. The van der Waals surface area contributed by atoms with Crippen LogP contribution in [0.2, 0.25) is 0 Å².